The van der Waals surface area contributed by atoms with Gasteiger partial charge in [-0.1, -0.05) is 18.7 Å². The fraction of sp³-hybridized carbons (Fsp3) is 0.474. The number of nitro benzene ring substituents is 1. The van der Waals surface area contributed by atoms with Crippen LogP contribution in [0.3, 0.4) is 0 Å². The number of aromatic nitrogens is 1. The van der Waals surface area contributed by atoms with E-state index in [4.69, 9.17) is 0 Å². The van der Waals surface area contributed by atoms with Gasteiger partial charge in [-0.2, -0.15) is 0 Å². The Labute approximate surface area is 172 Å². The van der Waals surface area contributed by atoms with Gasteiger partial charge in [0.15, 0.2) is 4.34 Å². The number of hydrogen-bond acceptors (Lipinski definition) is 7. The maximum atomic E-state index is 12.6. The molecule has 0 aliphatic carbocycles. The Balaban J connectivity index is 1.67. The summed E-state index contributed by atoms with van der Waals surface area (Å²) in [5, 5.41) is 16.5. The van der Waals surface area contributed by atoms with E-state index < -0.39 is 4.92 Å². The topological polar surface area (TPSA) is 88.4 Å². The zero-order valence-corrected chi connectivity index (χ0v) is 17.6. The highest BCUT2D eigenvalue weighted by molar-refractivity contribution is 8.01. The normalized spacial score (nSPS) is 15.5. The Morgan fingerprint density at radius 2 is 2.18 bits per heavy atom. The third-order valence-corrected chi connectivity index (χ3v) is 6.80. The number of nitrogens with zero attached hydrogens (tertiary/aromatic N) is 3. The molecule has 1 aliphatic heterocycles. The van der Waals surface area contributed by atoms with Crippen molar-refractivity contribution in [2.75, 3.05) is 19.6 Å². The predicted molar refractivity (Wildman–Crippen MR) is 111 cm³/mol. The van der Waals surface area contributed by atoms with Gasteiger partial charge in [-0.3, -0.25) is 14.9 Å². The second-order valence-corrected chi connectivity index (χ2v) is 9.03. The van der Waals surface area contributed by atoms with Gasteiger partial charge < -0.3 is 10.2 Å². The van der Waals surface area contributed by atoms with Gasteiger partial charge in [-0.15, -0.1) is 11.3 Å². The van der Waals surface area contributed by atoms with Gasteiger partial charge in [0.1, 0.15) is 0 Å². The lowest BCUT2D eigenvalue weighted by Gasteiger charge is -2.32. The number of thiazole rings is 1. The summed E-state index contributed by atoms with van der Waals surface area (Å²) in [4.78, 5) is 30.9. The number of hydrogen-bond donors (Lipinski definition) is 1. The molecule has 0 atom stereocenters. The largest absolute Gasteiger partial charge is 0.349 e. The number of amides is 1. The molecule has 0 unspecified atom stereocenters. The number of aryl methyl sites for hydroxylation is 1. The van der Waals surface area contributed by atoms with Crippen LogP contribution < -0.4 is 5.32 Å². The molecule has 0 spiro atoms. The Morgan fingerprint density at radius 3 is 2.79 bits per heavy atom. The van der Waals surface area contributed by atoms with Gasteiger partial charge in [-0.05, 0) is 44.9 Å². The van der Waals surface area contributed by atoms with Crippen LogP contribution in [0.2, 0.25) is 0 Å². The number of benzene rings is 1. The lowest BCUT2D eigenvalue weighted by Crippen LogP contribution is -2.44. The molecule has 1 saturated heterocycles. The van der Waals surface area contributed by atoms with Gasteiger partial charge in [0.25, 0.3) is 11.6 Å². The number of piperidine rings is 1. The highest BCUT2D eigenvalue weighted by atomic mass is 32.2. The van der Waals surface area contributed by atoms with Crippen molar-refractivity contribution in [1.29, 1.82) is 0 Å². The van der Waals surface area contributed by atoms with Crippen LogP contribution in [0.1, 0.15) is 42.2 Å². The lowest BCUT2D eigenvalue weighted by molar-refractivity contribution is -0.387. The summed E-state index contributed by atoms with van der Waals surface area (Å²) in [6, 6.07) is 4.77. The maximum Gasteiger partial charge on any atom is 0.284 e. The van der Waals surface area contributed by atoms with Gasteiger partial charge in [-0.25, -0.2) is 4.98 Å². The molecule has 28 heavy (non-hydrogen) atoms. The van der Waals surface area contributed by atoms with Crippen LogP contribution in [-0.4, -0.2) is 46.4 Å². The lowest BCUT2D eigenvalue weighted by atomic mass is 10.0. The first-order valence-electron chi connectivity index (χ1n) is 9.38. The van der Waals surface area contributed by atoms with E-state index in [1.54, 1.807) is 12.1 Å². The van der Waals surface area contributed by atoms with E-state index in [0.717, 1.165) is 48.9 Å². The fourth-order valence-electron chi connectivity index (χ4n) is 3.25. The molecule has 1 aromatic carbocycles. The molecule has 1 aliphatic rings. The average Bonchev–Trinajstić information content (AvgIpc) is 3.08. The molecule has 0 bridgehead atoms. The number of nitro groups is 1. The van der Waals surface area contributed by atoms with Crippen LogP contribution in [0, 0.1) is 17.0 Å². The average molecular weight is 421 g/mol. The summed E-state index contributed by atoms with van der Waals surface area (Å²) in [6.45, 7) is 7.08. The molecule has 1 N–H and O–H groups in total. The predicted octanol–water partition coefficient (Wildman–Crippen LogP) is 4.12. The van der Waals surface area contributed by atoms with E-state index in [1.807, 2.05) is 12.3 Å². The monoisotopic (exact) mass is 420 g/mol. The van der Waals surface area contributed by atoms with Crippen LogP contribution in [0.25, 0.3) is 0 Å². The smallest absolute Gasteiger partial charge is 0.284 e. The van der Waals surface area contributed by atoms with E-state index in [-0.39, 0.29) is 17.6 Å². The van der Waals surface area contributed by atoms with E-state index in [0.29, 0.717) is 10.5 Å². The number of nitrogens with one attached hydrogen (secondary N) is 1. The summed E-state index contributed by atoms with van der Waals surface area (Å²) in [5.74, 6) is -0.251. The van der Waals surface area contributed by atoms with Crippen molar-refractivity contribution >= 4 is 34.7 Å². The molecule has 2 heterocycles. The molecule has 1 fully saturated rings. The second-order valence-electron chi connectivity index (χ2n) is 6.89. The third kappa shape index (κ3) is 5.30. The van der Waals surface area contributed by atoms with E-state index >= 15 is 0 Å². The van der Waals surface area contributed by atoms with Crippen molar-refractivity contribution in [3.05, 3.63) is 45.0 Å². The Kier molecular flexibility index (Phi) is 7.03. The summed E-state index contributed by atoms with van der Waals surface area (Å²) in [7, 11) is 0. The summed E-state index contributed by atoms with van der Waals surface area (Å²) in [6.07, 6.45) is 2.95. The molecule has 7 nitrogen and oxygen atoms in total. The van der Waals surface area contributed by atoms with Gasteiger partial charge >= 0.3 is 0 Å². The van der Waals surface area contributed by atoms with Gasteiger partial charge in [0.2, 0.25) is 0 Å². The Morgan fingerprint density at radius 1 is 1.43 bits per heavy atom. The minimum atomic E-state index is -0.442. The fourth-order valence-corrected chi connectivity index (χ4v) is 5.13. The second kappa shape index (κ2) is 9.49. The van der Waals surface area contributed by atoms with Gasteiger partial charge in [0, 0.05) is 41.8 Å². The summed E-state index contributed by atoms with van der Waals surface area (Å²) < 4.78 is 0.747. The number of carbonyl (C=O) groups excluding carboxylic acids is 1. The van der Waals surface area contributed by atoms with Crippen LogP contribution in [-0.2, 0) is 0 Å². The van der Waals surface area contributed by atoms with Gasteiger partial charge in [0.05, 0.1) is 9.82 Å². The van der Waals surface area contributed by atoms with Crippen molar-refractivity contribution in [1.82, 2.24) is 15.2 Å². The van der Waals surface area contributed by atoms with E-state index in [1.165, 1.54) is 29.2 Å². The molecule has 1 aromatic heterocycles. The molecule has 0 radical (unpaired) electrons. The minimum absolute atomic E-state index is 0.0664. The third-order valence-electron chi connectivity index (χ3n) is 4.68. The zero-order chi connectivity index (χ0) is 20.1. The summed E-state index contributed by atoms with van der Waals surface area (Å²) in [5.41, 5.74) is 1.14. The van der Waals surface area contributed by atoms with Crippen molar-refractivity contribution in [3.8, 4) is 0 Å². The summed E-state index contributed by atoms with van der Waals surface area (Å²) >= 11 is 2.70. The number of rotatable bonds is 7. The quantitative estimate of drug-likeness (QED) is 0.535. The number of carbonyl (C=O) groups is 1. The van der Waals surface area contributed by atoms with Crippen molar-refractivity contribution < 1.29 is 9.72 Å². The highest BCUT2D eigenvalue weighted by Gasteiger charge is 2.23. The van der Waals surface area contributed by atoms with Crippen LogP contribution in [0.4, 0.5) is 5.69 Å². The van der Waals surface area contributed by atoms with Crippen LogP contribution in [0.5, 0.6) is 0 Å². The zero-order valence-electron chi connectivity index (χ0n) is 16.0. The molecular formula is C19H24N4O3S2. The molecule has 3 rings (SSSR count). The first-order valence-corrected chi connectivity index (χ1v) is 11.1. The SMILES string of the molecule is CCCN1CCC(NC(=O)c2ccc(Sc3nc(C)cs3)c([N+](=O)[O-])c2)CC1. The maximum absolute atomic E-state index is 12.6. The molecule has 1 amide bonds. The highest BCUT2D eigenvalue weighted by Crippen LogP contribution is 2.36. The van der Waals surface area contributed by atoms with E-state index in [2.05, 4.69) is 22.1 Å². The minimum Gasteiger partial charge on any atom is -0.349 e. The van der Waals surface area contributed by atoms with Crippen molar-refractivity contribution in [2.45, 2.75) is 48.4 Å². The van der Waals surface area contributed by atoms with Crippen LogP contribution >= 0.6 is 23.1 Å². The Hall–Kier alpha value is -1.97. The molecular weight excluding hydrogens is 396 g/mol. The number of likely N-dealkylation sites (tertiary alicyclic amines) is 1. The first-order chi connectivity index (χ1) is 13.5. The molecule has 0 saturated carbocycles. The van der Waals surface area contributed by atoms with Crippen molar-refractivity contribution in [2.24, 2.45) is 0 Å². The van der Waals surface area contributed by atoms with Crippen molar-refractivity contribution in [3.63, 3.8) is 0 Å². The standard InChI is InChI=1S/C19H24N4O3S2/c1-3-8-22-9-6-15(7-10-22)21-18(24)14-4-5-17(16(11-14)23(25)26)28-19-20-13(2)12-27-19/h4-5,11-12,15H,3,6-10H2,1-2H3,(H,21,24). The van der Waals surface area contributed by atoms with E-state index in [9.17, 15) is 14.9 Å². The van der Waals surface area contributed by atoms with Crippen LogP contribution in [0.15, 0.2) is 32.8 Å². The Bertz CT molecular complexity index is 847. The molecule has 150 valence electrons. The molecule has 9 heteroatoms. The molecule has 2 aromatic rings. The first kappa shape index (κ1) is 20.8.